The minimum atomic E-state index is -0.152. The molecule has 0 unspecified atom stereocenters. The smallest absolute Gasteiger partial charge is 0.176 e. The highest BCUT2D eigenvalue weighted by Crippen LogP contribution is 2.09. The molecule has 1 rings (SSSR count). The Morgan fingerprint density at radius 3 is 3.00 bits per heavy atom. The van der Waals surface area contributed by atoms with Crippen LogP contribution in [0.1, 0.15) is 22.3 Å². The zero-order chi connectivity index (χ0) is 11.1. The van der Waals surface area contributed by atoms with Gasteiger partial charge in [-0.05, 0) is 11.6 Å². The van der Waals surface area contributed by atoms with Gasteiger partial charge in [-0.1, -0.05) is 30.4 Å². The number of ketones is 1. The van der Waals surface area contributed by atoms with Gasteiger partial charge in [-0.3, -0.25) is 4.79 Å². The lowest BCUT2D eigenvalue weighted by Crippen LogP contribution is -1.97. The van der Waals surface area contributed by atoms with E-state index in [0.717, 1.165) is 5.56 Å². The Bertz CT molecular complexity index is 416. The van der Waals surface area contributed by atoms with E-state index in [-0.39, 0.29) is 12.2 Å². The summed E-state index contributed by atoms with van der Waals surface area (Å²) in [7, 11) is 0. The largest absolute Gasteiger partial charge is 0.327 e. The molecule has 3 nitrogen and oxygen atoms in total. The molecular weight excluding hydrogens is 188 g/mol. The first-order valence-electron chi connectivity index (χ1n) is 4.64. The molecule has 1 aromatic carbocycles. The van der Waals surface area contributed by atoms with E-state index < -0.39 is 0 Å². The van der Waals surface area contributed by atoms with Crippen molar-refractivity contribution in [2.75, 3.05) is 6.54 Å². The van der Waals surface area contributed by atoms with Gasteiger partial charge in [-0.2, -0.15) is 5.26 Å². The SMILES string of the molecule is N#CCC(=O)c1cccc(C=CCN)c1. The fraction of sp³-hybridized carbons (Fsp3) is 0.167. The van der Waals surface area contributed by atoms with Crippen LogP contribution in [0.15, 0.2) is 30.3 Å². The normalized spacial score (nSPS) is 10.1. The summed E-state index contributed by atoms with van der Waals surface area (Å²) in [6, 6.07) is 8.98. The lowest BCUT2D eigenvalue weighted by molar-refractivity contribution is 0.0997. The molecule has 0 saturated heterocycles. The first kappa shape index (κ1) is 11.2. The van der Waals surface area contributed by atoms with Crippen molar-refractivity contribution in [3.63, 3.8) is 0 Å². The maximum Gasteiger partial charge on any atom is 0.176 e. The van der Waals surface area contributed by atoms with Gasteiger partial charge in [0.1, 0.15) is 0 Å². The van der Waals surface area contributed by atoms with E-state index in [1.807, 2.05) is 24.3 Å². The van der Waals surface area contributed by atoms with Crippen LogP contribution in [0, 0.1) is 11.3 Å². The molecule has 0 saturated carbocycles. The predicted octanol–water partition coefficient (Wildman–Crippen LogP) is 1.75. The van der Waals surface area contributed by atoms with Crippen molar-refractivity contribution in [1.29, 1.82) is 5.26 Å². The molecule has 0 fully saturated rings. The van der Waals surface area contributed by atoms with E-state index in [1.165, 1.54) is 0 Å². The average molecular weight is 200 g/mol. The summed E-state index contributed by atoms with van der Waals surface area (Å²) < 4.78 is 0. The lowest BCUT2D eigenvalue weighted by Gasteiger charge is -1.98. The minimum Gasteiger partial charge on any atom is -0.327 e. The van der Waals surface area contributed by atoms with E-state index in [4.69, 9.17) is 11.0 Å². The first-order chi connectivity index (χ1) is 7.27. The number of benzene rings is 1. The molecule has 0 bridgehead atoms. The molecular formula is C12H12N2O. The number of hydrogen-bond acceptors (Lipinski definition) is 3. The Hall–Kier alpha value is -1.92. The summed E-state index contributed by atoms with van der Waals surface area (Å²) >= 11 is 0. The van der Waals surface area contributed by atoms with Crippen LogP contribution in [0.4, 0.5) is 0 Å². The van der Waals surface area contributed by atoms with Gasteiger partial charge < -0.3 is 5.73 Å². The van der Waals surface area contributed by atoms with Crippen molar-refractivity contribution in [1.82, 2.24) is 0 Å². The van der Waals surface area contributed by atoms with Gasteiger partial charge in [-0.15, -0.1) is 0 Å². The van der Waals surface area contributed by atoms with E-state index in [2.05, 4.69) is 0 Å². The van der Waals surface area contributed by atoms with Gasteiger partial charge in [-0.25, -0.2) is 0 Å². The van der Waals surface area contributed by atoms with Crippen LogP contribution in [0.5, 0.6) is 0 Å². The number of nitriles is 1. The quantitative estimate of drug-likeness (QED) is 0.753. The molecule has 1 aromatic rings. The third kappa shape index (κ3) is 3.37. The van der Waals surface area contributed by atoms with E-state index >= 15 is 0 Å². The standard InChI is InChI=1S/C12H12N2O/c13-7-2-4-10-3-1-5-11(9-10)12(15)6-8-14/h1-5,9H,6-7,13H2. The van der Waals surface area contributed by atoms with E-state index in [9.17, 15) is 4.79 Å². The molecule has 15 heavy (non-hydrogen) atoms. The molecule has 0 atom stereocenters. The van der Waals surface area contributed by atoms with Crippen LogP contribution in [0.3, 0.4) is 0 Å². The summed E-state index contributed by atoms with van der Waals surface area (Å²) in [6.45, 7) is 0.469. The summed E-state index contributed by atoms with van der Waals surface area (Å²) in [5.74, 6) is -0.152. The summed E-state index contributed by atoms with van der Waals surface area (Å²) in [5, 5.41) is 8.41. The van der Waals surface area contributed by atoms with Gasteiger partial charge in [0, 0.05) is 12.1 Å². The van der Waals surface area contributed by atoms with Crippen LogP contribution >= 0.6 is 0 Å². The van der Waals surface area contributed by atoms with Crippen molar-refractivity contribution in [2.24, 2.45) is 5.73 Å². The Labute approximate surface area is 88.8 Å². The molecule has 0 amide bonds. The van der Waals surface area contributed by atoms with Crippen molar-refractivity contribution in [3.8, 4) is 6.07 Å². The Morgan fingerprint density at radius 2 is 2.33 bits per heavy atom. The lowest BCUT2D eigenvalue weighted by atomic mass is 10.1. The molecule has 3 heteroatoms. The second-order valence-electron chi connectivity index (χ2n) is 3.02. The number of hydrogen-bond donors (Lipinski definition) is 1. The molecule has 2 N–H and O–H groups in total. The number of carbonyl (C=O) groups excluding carboxylic acids is 1. The maximum absolute atomic E-state index is 11.4. The fourth-order valence-corrected chi connectivity index (χ4v) is 1.19. The molecule has 0 heterocycles. The van der Waals surface area contributed by atoms with Gasteiger partial charge in [0.25, 0.3) is 0 Å². The molecule has 0 radical (unpaired) electrons. The molecule has 0 aliphatic heterocycles. The number of Topliss-reactive ketones (excluding diaryl/α,β-unsaturated/α-hetero) is 1. The van der Waals surface area contributed by atoms with Crippen molar-refractivity contribution < 1.29 is 4.79 Å². The third-order valence-corrected chi connectivity index (χ3v) is 1.89. The molecule has 0 aliphatic carbocycles. The number of nitrogens with two attached hydrogens (primary N) is 1. The van der Waals surface area contributed by atoms with Gasteiger partial charge in [0.15, 0.2) is 5.78 Å². The molecule has 0 aromatic heterocycles. The van der Waals surface area contributed by atoms with Crippen LogP contribution in [-0.2, 0) is 0 Å². The summed E-state index contributed by atoms with van der Waals surface area (Å²) in [4.78, 5) is 11.4. The average Bonchev–Trinajstić information content (AvgIpc) is 2.27. The zero-order valence-electron chi connectivity index (χ0n) is 8.31. The van der Waals surface area contributed by atoms with E-state index in [1.54, 1.807) is 18.2 Å². The van der Waals surface area contributed by atoms with Gasteiger partial charge in [0.05, 0.1) is 12.5 Å². The second kappa shape index (κ2) is 5.74. The minimum absolute atomic E-state index is 0.0793. The van der Waals surface area contributed by atoms with E-state index in [0.29, 0.717) is 12.1 Å². The molecule has 0 spiro atoms. The zero-order valence-corrected chi connectivity index (χ0v) is 8.31. The third-order valence-electron chi connectivity index (χ3n) is 1.89. The molecule has 0 aliphatic rings. The molecule has 76 valence electrons. The monoisotopic (exact) mass is 200 g/mol. The number of nitrogens with zero attached hydrogens (tertiary/aromatic N) is 1. The number of rotatable bonds is 4. The Morgan fingerprint density at radius 1 is 1.53 bits per heavy atom. The van der Waals surface area contributed by atoms with Crippen LogP contribution < -0.4 is 5.73 Å². The highest BCUT2D eigenvalue weighted by molar-refractivity contribution is 5.97. The van der Waals surface area contributed by atoms with Gasteiger partial charge in [0.2, 0.25) is 0 Å². The van der Waals surface area contributed by atoms with Crippen LogP contribution in [-0.4, -0.2) is 12.3 Å². The predicted molar refractivity (Wildman–Crippen MR) is 59.1 cm³/mol. The van der Waals surface area contributed by atoms with Crippen molar-refractivity contribution >= 4 is 11.9 Å². The highest BCUT2D eigenvalue weighted by atomic mass is 16.1. The van der Waals surface area contributed by atoms with Crippen LogP contribution in [0.2, 0.25) is 0 Å². The second-order valence-corrected chi connectivity index (χ2v) is 3.02. The topological polar surface area (TPSA) is 66.9 Å². The van der Waals surface area contributed by atoms with Crippen molar-refractivity contribution in [2.45, 2.75) is 6.42 Å². The first-order valence-corrected chi connectivity index (χ1v) is 4.64. The summed E-state index contributed by atoms with van der Waals surface area (Å²) in [6.07, 6.45) is 3.58. The maximum atomic E-state index is 11.4. The number of carbonyl (C=O) groups is 1. The summed E-state index contributed by atoms with van der Waals surface area (Å²) in [5.41, 5.74) is 6.81. The fourth-order valence-electron chi connectivity index (χ4n) is 1.19. The van der Waals surface area contributed by atoms with Gasteiger partial charge >= 0.3 is 0 Å². The van der Waals surface area contributed by atoms with Crippen LogP contribution in [0.25, 0.3) is 6.08 Å². The Kier molecular flexibility index (Phi) is 4.27. The van der Waals surface area contributed by atoms with Crippen molar-refractivity contribution in [3.05, 3.63) is 41.5 Å². The Balaban J connectivity index is 2.88. The highest BCUT2D eigenvalue weighted by Gasteiger charge is 2.04.